The molecule has 0 aliphatic heterocycles. The summed E-state index contributed by atoms with van der Waals surface area (Å²) in [4.78, 5) is 30.4. The third-order valence-corrected chi connectivity index (χ3v) is 6.69. The summed E-state index contributed by atoms with van der Waals surface area (Å²) in [5.74, 6) is -1.24. The molecule has 37 heavy (non-hydrogen) atoms. The van der Waals surface area contributed by atoms with Crippen LogP contribution < -0.4 is 16.1 Å². The number of allylic oxidation sites excluding steroid dienone is 1. The minimum atomic E-state index is -2.64. The van der Waals surface area contributed by atoms with E-state index in [-0.39, 0.29) is 28.1 Å². The first-order chi connectivity index (χ1) is 17.8. The van der Waals surface area contributed by atoms with Crippen LogP contribution in [0, 0.1) is 23.5 Å². The molecule has 1 aliphatic rings. The number of nitrogens with zero attached hydrogens (tertiary/aromatic N) is 2. The number of amides is 1. The van der Waals surface area contributed by atoms with Crippen molar-refractivity contribution in [3.05, 3.63) is 76.6 Å². The van der Waals surface area contributed by atoms with Crippen molar-refractivity contribution >= 4 is 22.8 Å². The minimum Gasteiger partial charge on any atom is -0.364 e. The molecule has 10 heteroatoms. The molecule has 1 amide bonds. The normalized spacial score (nSPS) is 17.3. The molecule has 2 aromatic heterocycles. The Labute approximate surface area is 211 Å². The number of hydrogen-bond acceptors (Lipinski definition) is 4. The van der Waals surface area contributed by atoms with Crippen LogP contribution in [0.2, 0.25) is 0 Å². The smallest absolute Gasteiger partial charge is 0.256 e. The van der Waals surface area contributed by atoms with E-state index >= 15 is 0 Å². The topological polar surface area (TPSA) is 76.0 Å². The van der Waals surface area contributed by atoms with Gasteiger partial charge in [0.1, 0.15) is 23.0 Å². The molecule has 2 heterocycles. The lowest BCUT2D eigenvalue weighted by Crippen LogP contribution is -2.31. The number of halogens is 4. The van der Waals surface area contributed by atoms with E-state index in [1.165, 1.54) is 12.1 Å². The lowest BCUT2D eigenvalue weighted by Gasteiger charge is -2.15. The second-order valence-corrected chi connectivity index (χ2v) is 9.29. The van der Waals surface area contributed by atoms with E-state index in [0.717, 1.165) is 55.0 Å². The monoisotopic (exact) mass is 516 g/mol. The number of nitrogens with one attached hydrogen (secondary N) is 2. The second-order valence-electron chi connectivity index (χ2n) is 9.29. The van der Waals surface area contributed by atoms with Gasteiger partial charge < -0.3 is 10.6 Å². The molecule has 2 N–H and O–H groups in total. The molecule has 4 rings (SSSR count). The number of alkyl halides is 2. The van der Waals surface area contributed by atoms with Gasteiger partial charge in [-0.1, -0.05) is 12.5 Å². The van der Waals surface area contributed by atoms with Crippen molar-refractivity contribution in [2.45, 2.75) is 38.5 Å². The lowest BCUT2D eigenvalue weighted by atomic mass is 9.99. The largest absolute Gasteiger partial charge is 0.364 e. The molecule has 0 bridgehead atoms. The van der Waals surface area contributed by atoms with Crippen LogP contribution >= 0.6 is 0 Å². The zero-order valence-electron chi connectivity index (χ0n) is 20.2. The van der Waals surface area contributed by atoms with Gasteiger partial charge in [0.2, 0.25) is 5.43 Å². The first kappa shape index (κ1) is 26.4. The number of fused-ring (bicyclic) bond motifs is 1. The lowest BCUT2D eigenvalue weighted by molar-refractivity contribution is 0.0950. The summed E-state index contributed by atoms with van der Waals surface area (Å²) in [6, 6.07) is 5.52. The first-order valence-electron chi connectivity index (χ1n) is 12.2. The zero-order chi connectivity index (χ0) is 26.5. The molecule has 1 aromatic carbocycles. The summed E-state index contributed by atoms with van der Waals surface area (Å²) in [6.45, 7) is 3.49. The molecule has 1 saturated carbocycles. The van der Waals surface area contributed by atoms with Crippen molar-refractivity contribution in [1.29, 1.82) is 0 Å². The molecule has 196 valence electrons. The number of rotatable bonds is 10. The number of carbonyl (C=O) groups is 1. The molecule has 2 atom stereocenters. The van der Waals surface area contributed by atoms with Crippen LogP contribution in [-0.2, 0) is 0 Å². The van der Waals surface area contributed by atoms with Gasteiger partial charge in [-0.15, -0.1) is 6.58 Å². The fourth-order valence-electron chi connectivity index (χ4n) is 4.88. The van der Waals surface area contributed by atoms with E-state index in [2.05, 4.69) is 22.2 Å². The van der Waals surface area contributed by atoms with Crippen LogP contribution in [0.4, 0.5) is 23.4 Å². The Balaban J connectivity index is 1.64. The third-order valence-electron chi connectivity index (χ3n) is 6.69. The van der Waals surface area contributed by atoms with Crippen molar-refractivity contribution in [1.82, 2.24) is 14.9 Å². The van der Waals surface area contributed by atoms with Crippen molar-refractivity contribution in [3.8, 4) is 5.69 Å². The Morgan fingerprint density at radius 3 is 2.70 bits per heavy atom. The summed E-state index contributed by atoms with van der Waals surface area (Å²) in [5.41, 5.74) is -1.09. The van der Waals surface area contributed by atoms with Gasteiger partial charge in [-0.2, -0.15) is 0 Å². The van der Waals surface area contributed by atoms with E-state index in [0.29, 0.717) is 24.4 Å². The molecule has 3 aromatic rings. The average Bonchev–Trinajstić information content (AvgIpc) is 3.31. The van der Waals surface area contributed by atoms with Crippen LogP contribution in [0.5, 0.6) is 0 Å². The van der Waals surface area contributed by atoms with Crippen LogP contribution in [0.3, 0.4) is 0 Å². The van der Waals surface area contributed by atoms with E-state index in [4.69, 9.17) is 0 Å². The highest BCUT2D eigenvalue weighted by molar-refractivity contribution is 5.97. The number of carbonyl (C=O) groups excluding carboxylic acids is 1. The van der Waals surface area contributed by atoms with Gasteiger partial charge in [0.15, 0.2) is 5.65 Å². The number of aromatic nitrogens is 2. The highest BCUT2D eigenvalue weighted by Crippen LogP contribution is 2.34. The molecule has 0 spiro atoms. The van der Waals surface area contributed by atoms with Gasteiger partial charge in [0.05, 0.1) is 17.6 Å². The van der Waals surface area contributed by atoms with Crippen molar-refractivity contribution in [3.63, 3.8) is 0 Å². The molecule has 0 radical (unpaired) electrons. The van der Waals surface area contributed by atoms with Crippen LogP contribution in [0.15, 0.2) is 54.0 Å². The molecule has 0 saturated heterocycles. The van der Waals surface area contributed by atoms with Gasteiger partial charge in [0, 0.05) is 18.8 Å². The fourth-order valence-corrected chi connectivity index (χ4v) is 4.88. The molecule has 6 nitrogen and oxygen atoms in total. The molecule has 1 aliphatic carbocycles. The Kier molecular flexibility index (Phi) is 8.25. The number of hydrogen-bond donors (Lipinski definition) is 2. The Morgan fingerprint density at radius 1 is 1.19 bits per heavy atom. The standard InChI is InChI=1S/C27H28F4N4O2/c1-2-3-16-4-5-17(12-16)10-11-32-27(37)20-15-35(22-8-6-18(28)13-21(22)29)26-19(25(20)36)7-9-24(34-26)33-14-23(30)31/h2,6-9,13,15-17,23H,1,3-5,10-12,14H2,(H,32,37)(H,33,34). The van der Waals surface area contributed by atoms with Gasteiger partial charge in [-0.25, -0.2) is 22.5 Å². The van der Waals surface area contributed by atoms with Crippen LogP contribution in [0.25, 0.3) is 16.7 Å². The molecule has 1 fully saturated rings. The highest BCUT2D eigenvalue weighted by atomic mass is 19.3. The Bertz CT molecular complexity index is 1360. The summed E-state index contributed by atoms with van der Waals surface area (Å²) < 4.78 is 54.7. The summed E-state index contributed by atoms with van der Waals surface area (Å²) in [5, 5.41) is 5.22. The van der Waals surface area contributed by atoms with Gasteiger partial charge >= 0.3 is 0 Å². The number of pyridine rings is 2. The van der Waals surface area contributed by atoms with Crippen molar-refractivity contribution in [2.24, 2.45) is 11.8 Å². The molecular formula is C27H28F4N4O2. The van der Waals surface area contributed by atoms with E-state index in [1.54, 1.807) is 0 Å². The summed E-state index contributed by atoms with van der Waals surface area (Å²) in [7, 11) is 0. The predicted molar refractivity (Wildman–Crippen MR) is 134 cm³/mol. The maximum Gasteiger partial charge on any atom is 0.256 e. The average molecular weight is 517 g/mol. The molecular weight excluding hydrogens is 488 g/mol. The van der Waals surface area contributed by atoms with Crippen molar-refractivity contribution < 1.29 is 22.4 Å². The minimum absolute atomic E-state index is 0.0120. The van der Waals surface area contributed by atoms with Crippen LogP contribution in [0.1, 0.15) is 42.5 Å². The van der Waals surface area contributed by atoms with E-state index in [9.17, 15) is 27.2 Å². The number of anilines is 1. The van der Waals surface area contributed by atoms with Crippen LogP contribution in [-0.4, -0.2) is 35.0 Å². The quantitative estimate of drug-likeness (QED) is 0.278. The van der Waals surface area contributed by atoms with Gasteiger partial charge in [-0.05, 0) is 61.8 Å². The van der Waals surface area contributed by atoms with Gasteiger partial charge in [-0.3, -0.25) is 14.2 Å². The fraction of sp³-hybridized carbons (Fsp3) is 0.370. The maximum atomic E-state index is 14.7. The van der Waals surface area contributed by atoms with Crippen molar-refractivity contribution in [2.75, 3.05) is 18.4 Å². The van der Waals surface area contributed by atoms with E-state index in [1.807, 2.05) is 6.08 Å². The predicted octanol–water partition coefficient (Wildman–Crippen LogP) is 5.45. The Morgan fingerprint density at radius 2 is 1.97 bits per heavy atom. The summed E-state index contributed by atoms with van der Waals surface area (Å²) in [6.07, 6.45) is 5.46. The molecule has 2 unspecified atom stereocenters. The third kappa shape index (κ3) is 6.18. The zero-order valence-corrected chi connectivity index (χ0v) is 20.2. The van der Waals surface area contributed by atoms with Gasteiger partial charge in [0.25, 0.3) is 12.3 Å². The highest BCUT2D eigenvalue weighted by Gasteiger charge is 2.24. The Hall–Kier alpha value is -3.69. The van der Waals surface area contributed by atoms with E-state index < -0.39 is 35.9 Å². The SMILES string of the molecule is C=CCC1CCC(CCNC(=O)c2cn(-c3ccc(F)cc3F)c3nc(NCC(F)F)ccc3c2=O)C1. The summed E-state index contributed by atoms with van der Waals surface area (Å²) >= 11 is 0. The first-order valence-corrected chi connectivity index (χ1v) is 12.2. The number of benzene rings is 1. The second kappa shape index (κ2) is 11.6. The maximum absolute atomic E-state index is 14.7.